The van der Waals surface area contributed by atoms with E-state index in [0.717, 1.165) is 24.0 Å². The van der Waals surface area contributed by atoms with E-state index in [-0.39, 0.29) is 28.3 Å². The molecule has 0 unspecified atom stereocenters. The number of amides is 1. The van der Waals surface area contributed by atoms with Crippen molar-refractivity contribution in [3.63, 3.8) is 0 Å². The van der Waals surface area contributed by atoms with E-state index in [4.69, 9.17) is 23.2 Å². The summed E-state index contributed by atoms with van der Waals surface area (Å²) in [7, 11) is -3.92. The van der Waals surface area contributed by atoms with Gasteiger partial charge in [0.25, 0.3) is 10.0 Å². The molecule has 2 aromatic carbocycles. The van der Waals surface area contributed by atoms with E-state index in [0.29, 0.717) is 15.7 Å². The van der Waals surface area contributed by atoms with Crippen molar-refractivity contribution in [3.8, 4) is 0 Å². The van der Waals surface area contributed by atoms with Crippen LogP contribution in [0.2, 0.25) is 10.0 Å². The maximum Gasteiger partial charge on any atom is 0.307 e. The number of sulfonamides is 1. The van der Waals surface area contributed by atoms with Crippen molar-refractivity contribution in [3.05, 3.63) is 63.7 Å². The number of carbonyl (C=O) groups excluding carboxylic acids is 1. The molecule has 2 aliphatic carbocycles. The first-order chi connectivity index (χ1) is 16.0. The van der Waals surface area contributed by atoms with E-state index in [2.05, 4.69) is 10.0 Å². The van der Waals surface area contributed by atoms with Gasteiger partial charge in [0.2, 0.25) is 5.91 Å². The van der Waals surface area contributed by atoms with Gasteiger partial charge in [0.05, 0.1) is 22.4 Å². The number of carboxylic acids is 1. The third-order valence-corrected chi connectivity index (χ3v) is 8.39. The molecule has 0 spiro atoms. The van der Waals surface area contributed by atoms with Gasteiger partial charge in [0, 0.05) is 15.7 Å². The van der Waals surface area contributed by atoms with Gasteiger partial charge in [0.1, 0.15) is 0 Å². The monoisotopic (exact) mass is 522 g/mol. The van der Waals surface area contributed by atoms with Gasteiger partial charge in [0.15, 0.2) is 0 Å². The van der Waals surface area contributed by atoms with Gasteiger partial charge in [-0.15, -0.1) is 0 Å². The number of aliphatic carboxylic acids is 1. The lowest BCUT2D eigenvalue weighted by Gasteiger charge is -2.26. The van der Waals surface area contributed by atoms with E-state index >= 15 is 0 Å². The fraction of sp³-hybridized carbons (Fsp3) is 0.333. The van der Waals surface area contributed by atoms with Crippen LogP contribution < -0.4 is 10.0 Å². The molecule has 2 saturated carbocycles. The van der Waals surface area contributed by atoms with Crippen molar-refractivity contribution in [2.75, 3.05) is 10.0 Å². The molecule has 0 radical (unpaired) electrons. The average Bonchev–Trinajstić information content (AvgIpc) is 3.29. The molecule has 3 N–H and O–H groups in total. The first-order valence-corrected chi connectivity index (χ1v) is 13.0. The van der Waals surface area contributed by atoms with E-state index in [1.54, 1.807) is 0 Å². The van der Waals surface area contributed by atoms with Crippen LogP contribution >= 0.6 is 23.2 Å². The highest BCUT2D eigenvalue weighted by atomic mass is 35.5. The number of fused-ring (bicyclic) bond motifs is 2. The lowest BCUT2D eigenvalue weighted by molar-refractivity contribution is -0.148. The summed E-state index contributed by atoms with van der Waals surface area (Å²) in [6.07, 6.45) is 1.58. The minimum atomic E-state index is -3.92. The Morgan fingerprint density at radius 2 is 1.47 bits per heavy atom. The van der Waals surface area contributed by atoms with Gasteiger partial charge in [-0.25, -0.2) is 8.42 Å². The molecule has 1 amide bonds. The Kier molecular flexibility index (Phi) is 6.68. The zero-order chi connectivity index (χ0) is 24.8. The molecule has 10 heteroatoms. The van der Waals surface area contributed by atoms with Gasteiger partial charge < -0.3 is 10.4 Å². The summed E-state index contributed by atoms with van der Waals surface area (Å²) in [6.45, 7) is 3.93. The fourth-order valence-electron chi connectivity index (χ4n) is 5.37. The normalized spacial score (nSPS) is 23.6. The van der Waals surface area contributed by atoms with Crippen molar-refractivity contribution in [1.82, 2.24) is 0 Å². The van der Waals surface area contributed by atoms with E-state index in [9.17, 15) is 23.1 Å². The van der Waals surface area contributed by atoms with E-state index < -0.39 is 27.8 Å². The number of halogens is 2. The summed E-state index contributed by atoms with van der Waals surface area (Å²) < 4.78 is 27.9. The summed E-state index contributed by atoms with van der Waals surface area (Å²) in [6, 6.07) is 10.0. The van der Waals surface area contributed by atoms with Gasteiger partial charge in [-0.05, 0) is 81.0 Å². The third kappa shape index (κ3) is 4.67. The Bertz CT molecular complexity index is 1270. The highest BCUT2D eigenvalue weighted by molar-refractivity contribution is 7.92. The van der Waals surface area contributed by atoms with Crippen LogP contribution in [-0.4, -0.2) is 25.4 Å². The van der Waals surface area contributed by atoms with Gasteiger partial charge >= 0.3 is 5.97 Å². The van der Waals surface area contributed by atoms with Crippen molar-refractivity contribution in [1.29, 1.82) is 0 Å². The molecule has 34 heavy (non-hydrogen) atoms. The Balaban J connectivity index is 1.51. The highest BCUT2D eigenvalue weighted by Crippen LogP contribution is 2.57. The van der Waals surface area contributed by atoms with Gasteiger partial charge in [-0.3, -0.25) is 14.3 Å². The Hall–Kier alpha value is -2.55. The van der Waals surface area contributed by atoms with Gasteiger partial charge in [-0.2, -0.15) is 0 Å². The molecule has 7 nitrogen and oxygen atoms in total. The van der Waals surface area contributed by atoms with Crippen molar-refractivity contribution < 1.29 is 23.1 Å². The molecule has 2 aromatic rings. The second kappa shape index (κ2) is 9.24. The third-order valence-electron chi connectivity index (χ3n) is 6.55. The second-order valence-corrected chi connectivity index (χ2v) is 11.5. The molecule has 4 rings (SSSR count). The zero-order valence-corrected chi connectivity index (χ0v) is 20.8. The number of rotatable bonds is 6. The fourth-order valence-corrected chi connectivity index (χ4v) is 6.94. The Morgan fingerprint density at radius 1 is 0.912 bits per heavy atom. The van der Waals surface area contributed by atoms with Crippen LogP contribution in [-0.2, 0) is 19.6 Å². The van der Waals surface area contributed by atoms with E-state index in [1.807, 2.05) is 13.8 Å². The molecule has 4 atom stereocenters. The Labute approximate surface area is 208 Å². The van der Waals surface area contributed by atoms with Crippen LogP contribution in [0.25, 0.3) is 0 Å². The van der Waals surface area contributed by atoms with Crippen LogP contribution in [0.15, 0.2) is 58.5 Å². The average molecular weight is 523 g/mol. The molecule has 0 saturated heterocycles. The Morgan fingerprint density at radius 3 is 2.00 bits per heavy atom. The summed E-state index contributed by atoms with van der Waals surface area (Å²) in [5.74, 6) is -2.91. The first kappa shape index (κ1) is 24.6. The number of benzene rings is 2. The predicted octanol–water partition coefficient (Wildman–Crippen LogP) is 5.43. The summed E-state index contributed by atoms with van der Waals surface area (Å²) in [4.78, 5) is 25.1. The number of hydrogen-bond donors (Lipinski definition) is 3. The lowest BCUT2D eigenvalue weighted by Crippen LogP contribution is -2.37. The lowest BCUT2D eigenvalue weighted by atomic mass is 9.78. The number of carboxylic acid groups (broad SMARTS) is 1. The number of nitrogens with one attached hydrogen (secondary N) is 2. The minimum absolute atomic E-state index is 0.0169. The largest absolute Gasteiger partial charge is 0.481 e. The van der Waals surface area contributed by atoms with E-state index in [1.165, 1.54) is 42.5 Å². The molecular formula is C24H24Cl2N2O5S. The zero-order valence-electron chi connectivity index (χ0n) is 18.5. The topological polar surface area (TPSA) is 113 Å². The molecule has 0 heterocycles. The van der Waals surface area contributed by atoms with Crippen molar-refractivity contribution in [2.45, 2.75) is 31.6 Å². The summed E-state index contributed by atoms with van der Waals surface area (Å²) in [5, 5.41) is 13.2. The maximum absolute atomic E-state index is 13.1. The van der Waals surface area contributed by atoms with Gasteiger partial charge in [-0.1, -0.05) is 34.3 Å². The molecule has 180 valence electrons. The number of allylic oxidation sites excluding steroid dienone is 2. The molecule has 0 aliphatic heterocycles. The predicted molar refractivity (Wildman–Crippen MR) is 132 cm³/mol. The SMILES string of the molecule is CC(C)=C1[C@H]2CC[C@@H]1[C@@H](C(=O)Nc1ccc(S(=O)(=O)Nc3cc(Cl)cc(Cl)c3)cc1)[C@@H]2C(=O)O. The van der Waals surface area contributed by atoms with Crippen LogP contribution in [0.5, 0.6) is 0 Å². The van der Waals surface area contributed by atoms with Crippen molar-refractivity contribution >= 4 is 56.5 Å². The minimum Gasteiger partial charge on any atom is -0.481 e. The van der Waals surface area contributed by atoms with Crippen LogP contribution in [0.4, 0.5) is 11.4 Å². The molecule has 2 aliphatic rings. The van der Waals surface area contributed by atoms with Crippen LogP contribution in [0.1, 0.15) is 26.7 Å². The maximum atomic E-state index is 13.1. The quantitative estimate of drug-likeness (QED) is 0.438. The smallest absolute Gasteiger partial charge is 0.307 e. The van der Waals surface area contributed by atoms with Crippen LogP contribution in [0, 0.1) is 23.7 Å². The second-order valence-electron chi connectivity index (χ2n) is 8.91. The van der Waals surface area contributed by atoms with Crippen LogP contribution in [0.3, 0.4) is 0 Å². The first-order valence-electron chi connectivity index (χ1n) is 10.8. The highest BCUT2D eigenvalue weighted by Gasteiger charge is 2.57. The molecule has 2 fully saturated rings. The molecular weight excluding hydrogens is 499 g/mol. The number of anilines is 2. The standard InChI is InChI=1S/C24H24Cl2N2O5S/c1-12(2)20-18-7-8-19(20)22(24(30)31)21(18)23(29)27-15-3-5-17(6-4-15)34(32,33)28-16-10-13(25)9-14(26)11-16/h3-6,9-11,18-19,21-22,28H,7-8H2,1-2H3,(H,27,29)(H,30,31)/t18-,19+,21+,22+/m0/s1. The number of carbonyl (C=O) groups is 2. The number of hydrogen-bond acceptors (Lipinski definition) is 4. The summed E-state index contributed by atoms with van der Waals surface area (Å²) >= 11 is 11.9. The molecule has 2 bridgehead atoms. The van der Waals surface area contributed by atoms with Crippen molar-refractivity contribution in [2.24, 2.45) is 23.7 Å². The molecule has 0 aromatic heterocycles. The summed E-state index contributed by atoms with van der Waals surface area (Å²) in [5.41, 5.74) is 2.79.